The minimum absolute atomic E-state index is 0.215. The van der Waals surface area contributed by atoms with E-state index < -0.39 is 0 Å². The summed E-state index contributed by atoms with van der Waals surface area (Å²) < 4.78 is 5.47. The van der Waals surface area contributed by atoms with Crippen molar-refractivity contribution in [3.05, 3.63) is 60.2 Å². The fraction of sp³-hybridized carbons (Fsp3) is 0.379. The second-order valence-electron chi connectivity index (χ2n) is 9.66. The molecule has 5 rings (SSSR count). The summed E-state index contributed by atoms with van der Waals surface area (Å²) in [5, 5.41) is 9.74. The van der Waals surface area contributed by atoms with Crippen LogP contribution in [-0.2, 0) is 4.74 Å². The Balaban J connectivity index is 1.34. The summed E-state index contributed by atoms with van der Waals surface area (Å²) in [4.78, 5) is 28.6. The van der Waals surface area contributed by atoms with Crippen LogP contribution in [0.15, 0.2) is 48.9 Å². The molecule has 0 bridgehead atoms. The molecule has 1 aromatic carbocycles. The number of terminal acetylenes is 1. The lowest BCUT2D eigenvalue weighted by atomic mass is 9.89. The predicted octanol–water partition coefficient (Wildman–Crippen LogP) is 4.68. The fourth-order valence-corrected chi connectivity index (χ4v) is 4.90. The van der Waals surface area contributed by atoms with Gasteiger partial charge in [-0.15, -0.1) is 6.42 Å². The van der Waals surface area contributed by atoms with E-state index in [-0.39, 0.29) is 5.91 Å². The molecule has 3 N–H and O–H groups in total. The topological polar surface area (TPSA) is 104 Å². The van der Waals surface area contributed by atoms with Gasteiger partial charge in [0.2, 0.25) is 0 Å². The van der Waals surface area contributed by atoms with Crippen LogP contribution in [0.5, 0.6) is 0 Å². The van der Waals surface area contributed by atoms with Crippen molar-refractivity contribution in [2.75, 3.05) is 53.7 Å². The molecule has 9 nitrogen and oxygen atoms in total. The Hall–Kier alpha value is -4.16. The zero-order valence-electron chi connectivity index (χ0n) is 21.4. The smallest absolute Gasteiger partial charge is 0.259 e. The molecule has 3 heterocycles. The predicted molar refractivity (Wildman–Crippen MR) is 150 cm³/mol. The van der Waals surface area contributed by atoms with Crippen molar-refractivity contribution < 1.29 is 9.53 Å². The number of pyridine rings is 1. The number of nitrogens with zero attached hydrogens (tertiary/aromatic N) is 4. The summed E-state index contributed by atoms with van der Waals surface area (Å²) in [5.74, 6) is 3.92. The molecule has 1 saturated carbocycles. The summed E-state index contributed by atoms with van der Waals surface area (Å²) in [7, 11) is 0. The summed E-state index contributed by atoms with van der Waals surface area (Å²) in [6.07, 6.45) is 16.3. The molecule has 38 heavy (non-hydrogen) atoms. The van der Waals surface area contributed by atoms with Crippen molar-refractivity contribution in [3.8, 4) is 12.3 Å². The van der Waals surface area contributed by atoms with E-state index in [9.17, 15) is 4.79 Å². The number of hydrogen-bond donors (Lipinski definition) is 3. The number of rotatable bonds is 8. The standard InChI is InChI=1S/C29H33N7O2/c1-2-22-18-32-28(20-30-22)35-27-16-26(31-17-21-7-4-3-5-8-21)25(19-33-27)29(37)34-23-9-6-10-24(15-23)36-11-13-38-14-12-36/h1,6,9-10,15-16,18-21H,3-5,7-8,11-14,17H2,(H,34,37)(H2,31,32,33,35). The molecule has 0 spiro atoms. The Bertz CT molecular complexity index is 1280. The van der Waals surface area contributed by atoms with Crippen LogP contribution in [0.3, 0.4) is 0 Å². The van der Waals surface area contributed by atoms with Gasteiger partial charge in [-0.05, 0) is 42.9 Å². The number of hydrogen-bond acceptors (Lipinski definition) is 8. The first-order valence-electron chi connectivity index (χ1n) is 13.2. The van der Waals surface area contributed by atoms with Crippen molar-refractivity contribution in [2.24, 2.45) is 5.92 Å². The molecule has 2 aromatic heterocycles. The molecule has 196 valence electrons. The highest BCUT2D eigenvalue weighted by molar-refractivity contribution is 6.08. The number of benzene rings is 1. The van der Waals surface area contributed by atoms with E-state index >= 15 is 0 Å². The van der Waals surface area contributed by atoms with Crippen molar-refractivity contribution in [1.82, 2.24) is 15.0 Å². The minimum atomic E-state index is -0.215. The number of carbonyl (C=O) groups is 1. The van der Waals surface area contributed by atoms with E-state index in [4.69, 9.17) is 11.2 Å². The fourth-order valence-electron chi connectivity index (χ4n) is 4.90. The van der Waals surface area contributed by atoms with Gasteiger partial charge in [0.25, 0.3) is 5.91 Å². The van der Waals surface area contributed by atoms with E-state index in [1.807, 2.05) is 24.3 Å². The maximum atomic E-state index is 13.4. The van der Waals surface area contributed by atoms with Crippen molar-refractivity contribution in [3.63, 3.8) is 0 Å². The summed E-state index contributed by atoms with van der Waals surface area (Å²) >= 11 is 0. The summed E-state index contributed by atoms with van der Waals surface area (Å²) in [6, 6.07) is 9.76. The van der Waals surface area contributed by atoms with Crippen LogP contribution in [0.1, 0.15) is 48.2 Å². The number of nitrogens with one attached hydrogen (secondary N) is 3. The molecule has 0 unspecified atom stereocenters. The maximum absolute atomic E-state index is 13.4. The molecule has 1 aliphatic carbocycles. The van der Waals surface area contributed by atoms with Crippen molar-refractivity contribution in [1.29, 1.82) is 0 Å². The number of aromatic nitrogens is 3. The van der Waals surface area contributed by atoms with E-state index in [1.165, 1.54) is 38.3 Å². The molecule has 9 heteroatoms. The van der Waals surface area contributed by atoms with Crippen LogP contribution in [0.2, 0.25) is 0 Å². The van der Waals surface area contributed by atoms with Gasteiger partial charge < -0.3 is 25.6 Å². The average molecular weight is 512 g/mol. The van der Waals surface area contributed by atoms with Crippen LogP contribution >= 0.6 is 0 Å². The molecule has 3 aromatic rings. The number of anilines is 5. The maximum Gasteiger partial charge on any atom is 0.259 e. The van der Waals surface area contributed by atoms with Crippen molar-refractivity contribution >= 4 is 34.6 Å². The Morgan fingerprint density at radius 2 is 1.84 bits per heavy atom. The number of morpholine rings is 1. The lowest BCUT2D eigenvalue weighted by molar-refractivity contribution is 0.102. The normalized spacial score (nSPS) is 15.9. The van der Waals surface area contributed by atoms with Gasteiger partial charge in [0, 0.05) is 43.3 Å². The second-order valence-corrected chi connectivity index (χ2v) is 9.66. The zero-order valence-corrected chi connectivity index (χ0v) is 21.4. The third-order valence-electron chi connectivity index (χ3n) is 6.99. The van der Waals surface area contributed by atoms with Crippen LogP contribution in [0, 0.1) is 18.3 Å². The Labute approximate surface area is 223 Å². The lowest BCUT2D eigenvalue weighted by Crippen LogP contribution is -2.36. The lowest BCUT2D eigenvalue weighted by Gasteiger charge is -2.29. The average Bonchev–Trinajstić information content (AvgIpc) is 2.97. The minimum Gasteiger partial charge on any atom is -0.384 e. The van der Waals surface area contributed by atoms with Gasteiger partial charge in [0.05, 0.1) is 36.9 Å². The Morgan fingerprint density at radius 1 is 1.03 bits per heavy atom. The first kappa shape index (κ1) is 25.5. The number of ether oxygens (including phenoxy) is 1. The largest absolute Gasteiger partial charge is 0.384 e. The zero-order chi connectivity index (χ0) is 26.2. The summed E-state index contributed by atoms with van der Waals surface area (Å²) in [5.41, 5.74) is 3.47. The van der Waals surface area contributed by atoms with E-state index in [0.717, 1.165) is 36.7 Å². The molecule has 1 amide bonds. The number of amides is 1. The quantitative estimate of drug-likeness (QED) is 0.375. The number of carbonyl (C=O) groups excluding carboxylic acids is 1. The second kappa shape index (κ2) is 12.4. The van der Waals surface area contributed by atoms with Gasteiger partial charge >= 0.3 is 0 Å². The molecule has 2 aliphatic rings. The van der Waals surface area contributed by atoms with E-state index in [0.29, 0.717) is 42.0 Å². The van der Waals surface area contributed by atoms with Crippen LogP contribution in [0.25, 0.3) is 0 Å². The summed E-state index contributed by atoms with van der Waals surface area (Å²) in [6.45, 7) is 3.89. The SMILES string of the molecule is C#Cc1cnc(Nc2cc(NCC3CCCCC3)c(C(=O)Nc3cccc(N4CCOCC4)c3)cn2)cn1. The molecule has 1 saturated heterocycles. The first-order valence-corrected chi connectivity index (χ1v) is 13.2. The van der Waals surface area contributed by atoms with Gasteiger partial charge in [0.15, 0.2) is 0 Å². The Kier molecular flexibility index (Phi) is 8.31. The molecule has 0 atom stereocenters. The van der Waals surface area contributed by atoms with Crippen molar-refractivity contribution in [2.45, 2.75) is 32.1 Å². The monoisotopic (exact) mass is 511 g/mol. The molecular formula is C29H33N7O2. The first-order chi connectivity index (χ1) is 18.7. The van der Waals surface area contributed by atoms with Crippen LogP contribution in [-0.4, -0.2) is 53.7 Å². The molecular weight excluding hydrogens is 478 g/mol. The molecule has 0 radical (unpaired) electrons. The highest BCUT2D eigenvalue weighted by atomic mass is 16.5. The van der Waals surface area contributed by atoms with Crippen LogP contribution in [0.4, 0.5) is 28.7 Å². The van der Waals surface area contributed by atoms with Gasteiger partial charge in [-0.1, -0.05) is 25.3 Å². The van der Waals surface area contributed by atoms with Gasteiger partial charge in [-0.25, -0.2) is 15.0 Å². The molecule has 1 aliphatic heterocycles. The highest BCUT2D eigenvalue weighted by Gasteiger charge is 2.18. The van der Waals surface area contributed by atoms with Gasteiger partial charge in [-0.3, -0.25) is 4.79 Å². The van der Waals surface area contributed by atoms with Gasteiger partial charge in [0.1, 0.15) is 17.3 Å². The highest BCUT2D eigenvalue weighted by Crippen LogP contribution is 2.27. The van der Waals surface area contributed by atoms with Crippen LogP contribution < -0.4 is 20.9 Å². The Morgan fingerprint density at radius 3 is 2.61 bits per heavy atom. The third-order valence-corrected chi connectivity index (χ3v) is 6.99. The van der Waals surface area contributed by atoms with E-state index in [2.05, 4.69) is 47.8 Å². The molecule has 2 fully saturated rings. The van der Waals surface area contributed by atoms with Gasteiger partial charge in [-0.2, -0.15) is 0 Å². The third kappa shape index (κ3) is 6.58. The van der Waals surface area contributed by atoms with E-state index in [1.54, 1.807) is 12.4 Å².